The van der Waals surface area contributed by atoms with Crippen molar-refractivity contribution in [3.8, 4) is 0 Å². The Labute approximate surface area is 159 Å². The molecule has 2 saturated heterocycles. The number of carbonyl (C=O) groups is 1. The summed E-state index contributed by atoms with van der Waals surface area (Å²) in [6.45, 7) is 8.10. The van der Waals surface area contributed by atoms with E-state index in [2.05, 4.69) is 10.2 Å². The van der Waals surface area contributed by atoms with Crippen molar-refractivity contribution in [2.75, 3.05) is 57.9 Å². The summed E-state index contributed by atoms with van der Waals surface area (Å²) in [6, 6.07) is 7.67. The van der Waals surface area contributed by atoms with E-state index in [9.17, 15) is 4.79 Å². The van der Waals surface area contributed by atoms with E-state index >= 15 is 0 Å². The highest BCUT2D eigenvalue weighted by atomic mass is 16.5. The van der Waals surface area contributed by atoms with E-state index in [1.807, 2.05) is 36.1 Å². The number of furan rings is 1. The molecule has 0 radical (unpaired) electrons. The molecule has 1 atom stereocenters. The number of hydrogen-bond donors (Lipinski definition) is 1. The maximum absolute atomic E-state index is 12.9. The van der Waals surface area contributed by atoms with E-state index in [1.54, 1.807) is 0 Å². The van der Waals surface area contributed by atoms with E-state index in [1.165, 1.54) is 0 Å². The summed E-state index contributed by atoms with van der Waals surface area (Å²) in [5, 5.41) is 4.02. The van der Waals surface area contributed by atoms with Crippen LogP contribution in [0.4, 0.5) is 10.5 Å². The Kier molecular flexibility index (Phi) is 5.61. The summed E-state index contributed by atoms with van der Waals surface area (Å²) in [5.41, 5.74) is 1.43. The minimum absolute atomic E-state index is 0.0259. The lowest BCUT2D eigenvalue weighted by Crippen LogP contribution is -2.46. The van der Waals surface area contributed by atoms with Crippen LogP contribution in [0.2, 0.25) is 0 Å². The molecule has 0 spiro atoms. The van der Waals surface area contributed by atoms with Crippen LogP contribution >= 0.6 is 0 Å². The normalized spacial score (nSPS) is 22.0. The number of para-hydroxylation sites is 1. The molecule has 0 aliphatic carbocycles. The largest absolute Gasteiger partial charge is 0.459 e. The van der Waals surface area contributed by atoms with E-state index < -0.39 is 0 Å². The summed E-state index contributed by atoms with van der Waals surface area (Å²) in [4.78, 5) is 17.1. The van der Waals surface area contributed by atoms with Crippen molar-refractivity contribution in [1.82, 2.24) is 9.80 Å². The molecular weight excluding hydrogens is 346 g/mol. The molecule has 27 heavy (non-hydrogen) atoms. The van der Waals surface area contributed by atoms with Gasteiger partial charge in [-0.15, -0.1) is 0 Å². The highest BCUT2D eigenvalue weighted by Crippen LogP contribution is 2.27. The molecule has 7 heteroatoms. The van der Waals surface area contributed by atoms with Crippen LogP contribution in [0.5, 0.6) is 0 Å². The third-order valence-electron chi connectivity index (χ3n) is 5.11. The Morgan fingerprint density at radius 3 is 2.93 bits per heavy atom. The summed E-state index contributed by atoms with van der Waals surface area (Å²) >= 11 is 0. The fraction of sp³-hybridized carbons (Fsp3) is 0.550. The van der Waals surface area contributed by atoms with Gasteiger partial charge in [0.2, 0.25) is 0 Å². The number of fused-ring (bicyclic) bond motifs is 1. The Hall–Kier alpha value is -2.09. The number of morpholine rings is 1. The van der Waals surface area contributed by atoms with Crippen LogP contribution < -0.4 is 5.32 Å². The SMILES string of the molecule is Cc1cc2cccc(NC(=O)N3CCCOC(CN4CCOCC4)C3)c2o1. The fourth-order valence-corrected chi connectivity index (χ4v) is 3.75. The van der Waals surface area contributed by atoms with Crippen molar-refractivity contribution in [3.63, 3.8) is 0 Å². The van der Waals surface area contributed by atoms with Gasteiger partial charge in [-0.05, 0) is 25.5 Å². The number of nitrogens with one attached hydrogen (secondary N) is 1. The van der Waals surface area contributed by atoms with Crippen molar-refractivity contribution >= 4 is 22.7 Å². The van der Waals surface area contributed by atoms with Gasteiger partial charge in [0.15, 0.2) is 5.58 Å². The van der Waals surface area contributed by atoms with Crippen LogP contribution in [0.1, 0.15) is 12.2 Å². The van der Waals surface area contributed by atoms with Crippen LogP contribution in [0.15, 0.2) is 28.7 Å². The maximum Gasteiger partial charge on any atom is 0.322 e. The molecule has 2 aliphatic rings. The van der Waals surface area contributed by atoms with E-state index in [0.29, 0.717) is 25.4 Å². The third-order valence-corrected chi connectivity index (χ3v) is 5.11. The van der Waals surface area contributed by atoms with Crippen molar-refractivity contribution in [1.29, 1.82) is 0 Å². The summed E-state index contributed by atoms with van der Waals surface area (Å²) in [7, 11) is 0. The van der Waals surface area contributed by atoms with Crippen LogP contribution in [-0.4, -0.2) is 74.5 Å². The molecule has 2 amide bonds. The Morgan fingerprint density at radius 1 is 1.22 bits per heavy atom. The van der Waals surface area contributed by atoms with Gasteiger partial charge in [-0.25, -0.2) is 4.79 Å². The summed E-state index contributed by atoms with van der Waals surface area (Å²) in [6.07, 6.45) is 0.870. The van der Waals surface area contributed by atoms with Crippen LogP contribution in [0.3, 0.4) is 0 Å². The third kappa shape index (κ3) is 4.43. The van der Waals surface area contributed by atoms with Gasteiger partial charge in [0.25, 0.3) is 0 Å². The molecule has 1 aromatic heterocycles. The zero-order valence-electron chi connectivity index (χ0n) is 15.8. The fourth-order valence-electron chi connectivity index (χ4n) is 3.75. The minimum Gasteiger partial charge on any atom is -0.459 e. The van der Waals surface area contributed by atoms with Gasteiger partial charge in [-0.2, -0.15) is 0 Å². The number of carbonyl (C=O) groups excluding carboxylic acids is 1. The average molecular weight is 373 g/mol. The lowest BCUT2D eigenvalue weighted by atomic mass is 10.2. The Balaban J connectivity index is 1.42. The minimum atomic E-state index is -0.103. The van der Waals surface area contributed by atoms with Gasteiger partial charge < -0.3 is 24.1 Å². The second-order valence-corrected chi connectivity index (χ2v) is 7.22. The van der Waals surface area contributed by atoms with Gasteiger partial charge in [-0.3, -0.25) is 4.90 Å². The standard InChI is InChI=1S/C20H27N3O4/c1-15-12-16-4-2-5-18(19(16)27-15)21-20(24)23-6-3-9-26-17(14-23)13-22-7-10-25-11-8-22/h2,4-5,12,17H,3,6-11,13-14H2,1H3,(H,21,24). The zero-order valence-corrected chi connectivity index (χ0v) is 15.8. The van der Waals surface area contributed by atoms with Crippen LogP contribution in [0.25, 0.3) is 11.0 Å². The second kappa shape index (κ2) is 8.29. The molecule has 0 bridgehead atoms. The van der Waals surface area contributed by atoms with Crippen molar-refractivity contribution in [2.24, 2.45) is 0 Å². The summed E-state index contributed by atoms with van der Waals surface area (Å²) in [5.74, 6) is 0.834. The van der Waals surface area contributed by atoms with Gasteiger partial charge in [-0.1, -0.05) is 12.1 Å². The molecule has 2 aliphatic heterocycles. The van der Waals surface area contributed by atoms with Crippen molar-refractivity contribution in [2.45, 2.75) is 19.4 Å². The number of anilines is 1. The molecule has 1 aromatic carbocycles. The number of rotatable bonds is 3. The molecule has 3 heterocycles. The molecule has 4 rings (SSSR count). The lowest BCUT2D eigenvalue weighted by molar-refractivity contribution is -0.00983. The smallest absolute Gasteiger partial charge is 0.322 e. The van der Waals surface area contributed by atoms with E-state index in [4.69, 9.17) is 13.9 Å². The van der Waals surface area contributed by atoms with Gasteiger partial charge in [0.05, 0.1) is 25.0 Å². The lowest BCUT2D eigenvalue weighted by Gasteiger charge is -2.31. The monoisotopic (exact) mass is 373 g/mol. The first-order chi connectivity index (χ1) is 13.2. The first-order valence-corrected chi connectivity index (χ1v) is 9.66. The molecule has 1 N–H and O–H groups in total. The summed E-state index contributed by atoms with van der Waals surface area (Å²) < 4.78 is 17.2. The molecule has 2 fully saturated rings. The topological polar surface area (TPSA) is 67.2 Å². The number of ether oxygens (including phenoxy) is 2. The average Bonchev–Trinajstić information content (AvgIpc) is 2.90. The highest BCUT2D eigenvalue weighted by molar-refractivity contribution is 5.99. The van der Waals surface area contributed by atoms with Crippen LogP contribution in [-0.2, 0) is 9.47 Å². The predicted octanol–water partition coefficient (Wildman–Crippen LogP) is 2.70. The van der Waals surface area contributed by atoms with E-state index in [0.717, 1.165) is 56.0 Å². The number of aryl methyl sites for hydroxylation is 1. The molecule has 146 valence electrons. The second-order valence-electron chi connectivity index (χ2n) is 7.22. The van der Waals surface area contributed by atoms with Crippen LogP contribution in [0, 0.1) is 6.92 Å². The zero-order chi connectivity index (χ0) is 18.6. The van der Waals surface area contributed by atoms with Gasteiger partial charge >= 0.3 is 6.03 Å². The molecule has 7 nitrogen and oxygen atoms in total. The molecule has 0 saturated carbocycles. The van der Waals surface area contributed by atoms with Crippen molar-refractivity contribution < 1.29 is 18.7 Å². The Bertz CT molecular complexity index is 785. The number of benzene rings is 1. The first kappa shape index (κ1) is 18.3. The number of nitrogens with zero attached hydrogens (tertiary/aromatic N) is 2. The maximum atomic E-state index is 12.9. The molecule has 1 unspecified atom stereocenters. The number of amides is 2. The number of hydrogen-bond acceptors (Lipinski definition) is 5. The molecule has 2 aromatic rings. The van der Waals surface area contributed by atoms with Crippen molar-refractivity contribution in [3.05, 3.63) is 30.0 Å². The Morgan fingerprint density at radius 2 is 2.07 bits per heavy atom. The highest BCUT2D eigenvalue weighted by Gasteiger charge is 2.25. The quantitative estimate of drug-likeness (QED) is 0.896. The first-order valence-electron chi connectivity index (χ1n) is 9.66. The van der Waals surface area contributed by atoms with Gasteiger partial charge in [0, 0.05) is 44.7 Å². The predicted molar refractivity (Wildman–Crippen MR) is 103 cm³/mol. The van der Waals surface area contributed by atoms with E-state index in [-0.39, 0.29) is 12.1 Å². The van der Waals surface area contributed by atoms with Gasteiger partial charge in [0.1, 0.15) is 5.76 Å². The number of urea groups is 1. The molecular formula is C20H27N3O4.